The van der Waals surface area contributed by atoms with Gasteiger partial charge in [0.1, 0.15) is 6.61 Å². The highest BCUT2D eigenvalue weighted by molar-refractivity contribution is 5.95. The molecule has 2 amide bonds. The zero-order valence-electron chi connectivity index (χ0n) is 14.6. The van der Waals surface area contributed by atoms with Gasteiger partial charge in [0.15, 0.2) is 6.29 Å². The van der Waals surface area contributed by atoms with Crippen molar-refractivity contribution in [2.75, 3.05) is 6.61 Å². The number of carbonyl (C=O) groups excluding carboxylic acids is 2. The van der Waals surface area contributed by atoms with Crippen molar-refractivity contribution in [2.24, 2.45) is 11.7 Å². The number of benzene rings is 1. The van der Waals surface area contributed by atoms with Crippen molar-refractivity contribution in [3.8, 4) is 0 Å². The Labute approximate surface area is 147 Å². The van der Waals surface area contributed by atoms with Crippen LogP contribution in [0.3, 0.4) is 0 Å². The molecule has 25 heavy (non-hydrogen) atoms. The fourth-order valence-electron chi connectivity index (χ4n) is 2.78. The molecule has 3 atom stereocenters. The van der Waals surface area contributed by atoms with E-state index in [9.17, 15) is 14.7 Å². The van der Waals surface area contributed by atoms with Crippen molar-refractivity contribution < 1.29 is 24.2 Å². The summed E-state index contributed by atoms with van der Waals surface area (Å²) >= 11 is 0. The van der Waals surface area contributed by atoms with Gasteiger partial charge in [-0.3, -0.25) is 4.79 Å². The van der Waals surface area contributed by atoms with Crippen LogP contribution in [0, 0.1) is 5.92 Å². The Morgan fingerprint density at radius 3 is 2.60 bits per heavy atom. The number of ether oxygens (including phenoxy) is 2. The summed E-state index contributed by atoms with van der Waals surface area (Å²) in [7, 11) is 0. The summed E-state index contributed by atoms with van der Waals surface area (Å²) in [4.78, 5) is 26.2. The topological polar surface area (TPSA) is 102 Å². The van der Waals surface area contributed by atoms with Crippen LogP contribution < -0.4 is 5.73 Å². The Bertz CT molecular complexity index is 578. The number of amides is 2. The van der Waals surface area contributed by atoms with E-state index in [4.69, 9.17) is 15.2 Å². The van der Waals surface area contributed by atoms with E-state index in [2.05, 4.69) is 0 Å². The predicted octanol–water partition coefficient (Wildman–Crippen LogP) is 1.63. The van der Waals surface area contributed by atoms with Crippen LogP contribution in [-0.2, 0) is 20.9 Å². The highest BCUT2D eigenvalue weighted by Gasteiger charge is 2.41. The average Bonchev–Trinajstić information content (AvgIpc) is 2.99. The van der Waals surface area contributed by atoms with E-state index in [1.807, 2.05) is 44.2 Å². The summed E-state index contributed by atoms with van der Waals surface area (Å²) in [5.41, 5.74) is 6.76. The molecule has 138 valence electrons. The maximum atomic E-state index is 12.7. The van der Waals surface area contributed by atoms with Crippen LogP contribution in [-0.4, -0.2) is 47.0 Å². The molecule has 1 fully saturated rings. The van der Waals surface area contributed by atoms with E-state index in [0.29, 0.717) is 12.8 Å². The number of imide groups is 1. The lowest BCUT2D eigenvalue weighted by Gasteiger charge is -2.30. The van der Waals surface area contributed by atoms with Gasteiger partial charge < -0.3 is 20.3 Å². The third-order valence-corrected chi connectivity index (χ3v) is 4.04. The Hall–Kier alpha value is -1.96. The molecule has 1 aliphatic rings. The van der Waals surface area contributed by atoms with Crippen LogP contribution in [0.4, 0.5) is 4.79 Å². The molecule has 1 saturated heterocycles. The molecule has 0 saturated carbocycles. The molecule has 2 rings (SSSR count). The lowest BCUT2D eigenvalue weighted by atomic mass is 10.0. The normalized spacial score (nSPS) is 21.2. The first kappa shape index (κ1) is 19.4. The molecule has 7 heteroatoms. The number of rotatable bonds is 6. The smallest absolute Gasteiger partial charge is 0.417 e. The van der Waals surface area contributed by atoms with Crippen LogP contribution in [0.15, 0.2) is 30.3 Å². The molecule has 1 aromatic carbocycles. The second-order valence-electron chi connectivity index (χ2n) is 6.60. The summed E-state index contributed by atoms with van der Waals surface area (Å²) in [6.07, 6.45) is -1.26. The van der Waals surface area contributed by atoms with Crippen molar-refractivity contribution in [1.29, 1.82) is 0 Å². The van der Waals surface area contributed by atoms with Crippen LogP contribution >= 0.6 is 0 Å². The first-order chi connectivity index (χ1) is 11.9. The van der Waals surface area contributed by atoms with E-state index in [1.165, 1.54) is 0 Å². The number of hydrogen-bond acceptors (Lipinski definition) is 6. The molecule has 0 aromatic heterocycles. The summed E-state index contributed by atoms with van der Waals surface area (Å²) in [6, 6.07) is 7.54. The zero-order chi connectivity index (χ0) is 18.4. The van der Waals surface area contributed by atoms with Crippen LogP contribution in [0.25, 0.3) is 0 Å². The fraction of sp³-hybridized carbons (Fsp3) is 0.556. The van der Waals surface area contributed by atoms with Gasteiger partial charge in [0.25, 0.3) is 0 Å². The van der Waals surface area contributed by atoms with Gasteiger partial charge in [-0.25, -0.2) is 9.69 Å². The number of aliphatic hydroxyl groups excluding tert-OH is 1. The Balaban J connectivity index is 2.10. The zero-order valence-corrected chi connectivity index (χ0v) is 14.6. The molecule has 1 heterocycles. The van der Waals surface area contributed by atoms with E-state index >= 15 is 0 Å². The van der Waals surface area contributed by atoms with Crippen molar-refractivity contribution >= 4 is 12.0 Å². The molecule has 3 N–H and O–H groups in total. The highest BCUT2D eigenvalue weighted by atomic mass is 16.6. The van der Waals surface area contributed by atoms with Crippen LogP contribution in [0.5, 0.6) is 0 Å². The molecular weight excluding hydrogens is 324 g/mol. The number of aliphatic hydroxyl groups is 1. The molecule has 0 aliphatic carbocycles. The largest absolute Gasteiger partial charge is 0.444 e. The minimum absolute atomic E-state index is 0.0343. The van der Waals surface area contributed by atoms with Gasteiger partial charge in [0.2, 0.25) is 5.91 Å². The summed E-state index contributed by atoms with van der Waals surface area (Å²) in [5, 5.41) is 9.94. The minimum Gasteiger partial charge on any atom is -0.444 e. The van der Waals surface area contributed by atoms with Crippen molar-refractivity contribution in [3.05, 3.63) is 35.9 Å². The van der Waals surface area contributed by atoms with Crippen molar-refractivity contribution in [2.45, 2.75) is 51.7 Å². The van der Waals surface area contributed by atoms with Crippen molar-refractivity contribution in [3.63, 3.8) is 0 Å². The maximum absolute atomic E-state index is 12.7. The van der Waals surface area contributed by atoms with Gasteiger partial charge in [0.05, 0.1) is 18.7 Å². The summed E-state index contributed by atoms with van der Waals surface area (Å²) < 4.78 is 10.4. The van der Waals surface area contributed by atoms with E-state index in [-0.39, 0.29) is 19.1 Å². The van der Waals surface area contributed by atoms with Gasteiger partial charge in [-0.15, -0.1) is 0 Å². The van der Waals surface area contributed by atoms with Gasteiger partial charge in [-0.2, -0.15) is 0 Å². The molecule has 0 spiro atoms. The highest BCUT2D eigenvalue weighted by Crippen LogP contribution is 2.21. The van der Waals surface area contributed by atoms with Gasteiger partial charge in [-0.05, 0) is 24.3 Å². The third-order valence-electron chi connectivity index (χ3n) is 4.04. The molecule has 1 unspecified atom stereocenters. The van der Waals surface area contributed by atoms with Gasteiger partial charge in [0, 0.05) is 0 Å². The average molecular weight is 350 g/mol. The predicted molar refractivity (Wildman–Crippen MR) is 91.3 cm³/mol. The van der Waals surface area contributed by atoms with E-state index < -0.39 is 30.4 Å². The number of hydrogen-bond donors (Lipinski definition) is 2. The second-order valence-corrected chi connectivity index (χ2v) is 6.60. The van der Waals surface area contributed by atoms with E-state index in [0.717, 1.165) is 10.5 Å². The maximum Gasteiger partial charge on any atom is 0.417 e. The molecule has 0 bridgehead atoms. The quantitative estimate of drug-likeness (QED) is 0.808. The number of nitrogens with two attached hydrogens (primary N) is 1. The summed E-state index contributed by atoms with van der Waals surface area (Å²) in [6.45, 7) is 4.19. The molecule has 7 nitrogen and oxygen atoms in total. The molecule has 0 radical (unpaired) electrons. The first-order valence-corrected chi connectivity index (χ1v) is 8.49. The van der Waals surface area contributed by atoms with Crippen LogP contribution in [0.2, 0.25) is 0 Å². The molecular formula is C18H26N2O5. The lowest BCUT2D eigenvalue weighted by Crippen LogP contribution is -2.54. The third kappa shape index (κ3) is 5.26. The molecule has 1 aromatic rings. The Morgan fingerprint density at radius 2 is 2.04 bits per heavy atom. The first-order valence-electron chi connectivity index (χ1n) is 8.49. The minimum atomic E-state index is -1.22. The number of carbonyl (C=O) groups is 2. The van der Waals surface area contributed by atoms with Gasteiger partial charge >= 0.3 is 6.09 Å². The fourth-order valence-corrected chi connectivity index (χ4v) is 2.78. The number of nitrogens with zero attached hydrogens (tertiary/aromatic N) is 1. The Kier molecular flexibility index (Phi) is 6.92. The summed E-state index contributed by atoms with van der Waals surface area (Å²) in [5.74, 6) is -0.354. The van der Waals surface area contributed by atoms with Gasteiger partial charge in [-0.1, -0.05) is 44.2 Å². The standard InChI is InChI=1S/C18H26N2O5/c1-12(2)10-14(19)16(21)20(15-8-9-24-17(15)22)18(23)25-11-13-6-4-3-5-7-13/h3-7,12,14-15,17,22H,8-11,19H2,1-2H3/t14-,15-,17?/m0/s1. The SMILES string of the molecule is CC(C)C[C@H](N)C(=O)N(C(=O)OCc1ccccc1)[C@H]1CCOC1O. The lowest BCUT2D eigenvalue weighted by molar-refractivity contribution is -0.141. The van der Waals surface area contributed by atoms with E-state index in [1.54, 1.807) is 0 Å². The van der Waals surface area contributed by atoms with Crippen molar-refractivity contribution in [1.82, 2.24) is 4.90 Å². The Morgan fingerprint density at radius 1 is 1.36 bits per heavy atom. The second kappa shape index (κ2) is 8.94. The monoisotopic (exact) mass is 350 g/mol. The van der Waals surface area contributed by atoms with Crippen LogP contribution in [0.1, 0.15) is 32.3 Å². The molecule has 1 aliphatic heterocycles.